The smallest absolute Gasteiger partial charge is 0.251 e. The third kappa shape index (κ3) is 5.47. The van der Waals surface area contributed by atoms with E-state index in [1.807, 2.05) is 24.3 Å². The summed E-state index contributed by atoms with van der Waals surface area (Å²) in [6.45, 7) is 0.563. The van der Waals surface area contributed by atoms with Crippen LogP contribution in [0.3, 0.4) is 0 Å². The zero-order valence-corrected chi connectivity index (χ0v) is 16.6. The monoisotopic (exact) mass is 395 g/mol. The number of hydrogen-bond donors (Lipinski definition) is 1. The molecule has 0 aliphatic carbocycles. The Morgan fingerprint density at radius 2 is 1.65 bits per heavy atom. The molecule has 26 heavy (non-hydrogen) atoms. The third-order valence-electron chi connectivity index (χ3n) is 3.64. The molecule has 0 spiro atoms. The minimum Gasteiger partial charge on any atom is -0.493 e. The first-order valence-electron chi connectivity index (χ1n) is 7.99. The van der Waals surface area contributed by atoms with Gasteiger partial charge in [-0.25, -0.2) is 0 Å². The van der Waals surface area contributed by atoms with Gasteiger partial charge >= 0.3 is 0 Å². The van der Waals surface area contributed by atoms with Crippen LogP contribution in [0.5, 0.6) is 17.2 Å². The molecule has 0 aromatic heterocycles. The first-order valence-corrected chi connectivity index (χ1v) is 9.52. The predicted octanol–water partition coefficient (Wildman–Crippen LogP) is 4.03. The Bertz CT molecular complexity index is 712. The number of rotatable bonds is 9. The van der Waals surface area contributed by atoms with Gasteiger partial charge in [0.15, 0.2) is 11.5 Å². The summed E-state index contributed by atoms with van der Waals surface area (Å²) in [5.41, 5.74) is 1.66. The molecule has 1 N–H and O–H groups in total. The van der Waals surface area contributed by atoms with Crippen LogP contribution < -0.4 is 19.5 Å². The molecule has 0 heterocycles. The highest BCUT2D eigenvalue weighted by molar-refractivity contribution is 7.98. The lowest BCUT2D eigenvalue weighted by atomic mass is 10.1. The lowest BCUT2D eigenvalue weighted by molar-refractivity contribution is 0.0955. The fourth-order valence-electron chi connectivity index (χ4n) is 2.32. The molecule has 2 rings (SSSR count). The number of hydrogen-bond acceptors (Lipinski definition) is 5. The number of methoxy groups -OCH3 is 3. The molecule has 0 radical (unpaired) electrons. The minimum atomic E-state index is -0.184. The van der Waals surface area contributed by atoms with Crippen molar-refractivity contribution in [1.82, 2.24) is 5.32 Å². The molecule has 0 fully saturated rings. The van der Waals surface area contributed by atoms with Crippen molar-refractivity contribution in [2.24, 2.45) is 0 Å². The Morgan fingerprint density at radius 3 is 2.19 bits per heavy atom. The van der Waals surface area contributed by atoms with Gasteiger partial charge in [0.05, 0.1) is 21.3 Å². The first kappa shape index (κ1) is 20.3. The van der Waals surface area contributed by atoms with Crippen LogP contribution in [0.2, 0.25) is 5.02 Å². The minimum absolute atomic E-state index is 0.184. The summed E-state index contributed by atoms with van der Waals surface area (Å²) in [6, 6.07) is 11.0. The van der Waals surface area contributed by atoms with Gasteiger partial charge in [0.1, 0.15) is 0 Å². The number of carbonyl (C=O) groups excluding carboxylic acids is 1. The van der Waals surface area contributed by atoms with Crippen molar-refractivity contribution in [3.63, 3.8) is 0 Å². The highest BCUT2D eigenvalue weighted by Gasteiger charge is 2.16. The fraction of sp³-hybridized carbons (Fsp3) is 0.316. The number of nitrogens with one attached hydrogen (secondary N) is 1. The van der Waals surface area contributed by atoms with E-state index in [0.717, 1.165) is 16.5 Å². The van der Waals surface area contributed by atoms with Crippen molar-refractivity contribution in [2.45, 2.75) is 5.75 Å². The van der Waals surface area contributed by atoms with Crippen LogP contribution in [0.1, 0.15) is 15.9 Å². The normalized spacial score (nSPS) is 10.3. The largest absolute Gasteiger partial charge is 0.493 e. The molecule has 0 atom stereocenters. The Kier molecular flexibility index (Phi) is 7.94. The molecule has 140 valence electrons. The molecule has 2 aromatic carbocycles. The number of ether oxygens (including phenoxy) is 3. The van der Waals surface area contributed by atoms with Crippen molar-refractivity contribution in [3.8, 4) is 17.2 Å². The zero-order chi connectivity index (χ0) is 18.9. The average molecular weight is 396 g/mol. The van der Waals surface area contributed by atoms with Crippen LogP contribution in [-0.2, 0) is 5.75 Å². The number of carbonyl (C=O) groups is 1. The van der Waals surface area contributed by atoms with E-state index >= 15 is 0 Å². The SMILES string of the molecule is COc1cc(C(=O)NCCSCc2ccc(Cl)cc2)cc(OC)c1OC. The number of halogens is 1. The van der Waals surface area contributed by atoms with Crippen LogP contribution in [-0.4, -0.2) is 39.5 Å². The molecule has 1 amide bonds. The molecule has 0 saturated heterocycles. The summed E-state index contributed by atoms with van der Waals surface area (Å²) in [7, 11) is 4.57. The quantitative estimate of drug-likeness (QED) is 0.649. The third-order valence-corrected chi connectivity index (χ3v) is 4.92. The maximum absolute atomic E-state index is 12.4. The Labute approximate surface area is 163 Å². The lowest BCUT2D eigenvalue weighted by Crippen LogP contribution is -2.25. The van der Waals surface area contributed by atoms with Gasteiger partial charge in [-0.1, -0.05) is 23.7 Å². The van der Waals surface area contributed by atoms with Gasteiger partial charge in [0, 0.05) is 28.6 Å². The molecule has 0 bridgehead atoms. The standard InChI is InChI=1S/C19H22ClNO4S/c1-23-16-10-14(11-17(24-2)18(16)25-3)19(22)21-8-9-26-12-13-4-6-15(20)7-5-13/h4-7,10-11H,8-9,12H2,1-3H3,(H,21,22). The van der Waals surface area contributed by atoms with Crippen LogP contribution in [0.4, 0.5) is 0 Å². The van der Waals surface area contributed by atoms with E-state index in [4.69, 9.17) is 25.8 Å². The van der Waals surface area contributed by atoms with Crippen molar-refractivity contribution < 1.29 is 19.0 Å². The Balaban J connectivity index is 1.86. The van der Waals surface area contributed by atoms with E-state index in [-0.39, 0.29) is 5.91 Å². The van der Waals surface area contributed by atoms with E-state index in [1.54, 1.807) is 23.9 Å². The van der Waals surface area contributed by atoms with Gasteiger partial charge in [-0.15, -0.1) is 0 Å². The predicted molar refractivity (Wildman–Crippen MR) is 106 cm³/mol. The highest BCUT2D eigenvalue weighted by atomic mass is 35.5. The summed E-state index contributed by atoms with van der Waals surface area (Å²) < 4.78 is 15.8. The summed E-state index contributed by atoms with van der Waals surface area (Å²) in [5.74, 6) is 2.86. The molecular weight excluding hydrogens is 374 g/mol. The number of benzene rings is 2. The second-order valence-electron chi connectivity index (χ2n) is 5.35. The van der Waals surface area contributed by atoms with E-state index in [0.29, 0.717) is 29.4 Å². The van der Waals surface area contributed by atoms with Gasteiger partial charge < -0.3 is 19.5 Å². The molecule has 2 aromatic rings. The van der Waals surface area contributed by atoms with E-state index in [9.17, 15) is 4.79 Å². The van der Waals surface area contributed by atoms with Gasteiger partial charge in [-0.3, -0.25) is 4.79 Å². The van der Waals surface area contributed by atoms with Crippen molar-refractivity contribution in [2.75, 3.05) is 33.6 Å². The Hall–Kier alpha value is -2.05. The lowest BCUT2D eigenvalue weighted by Gasteiger charge is -2.14. The van der Waals surface area contributed by atoms with Gasteiger partial charge in [0.2, 0.25) is 5.75 Å². The topological polar surface area (TPSA) is 56.8 Å². The van der Waals surface area contributed by atoms with Crippen LogP contribution in [0.15, 0.2) is 36.4 Å². The van der Waals surface area contributed by atoms with Crippen molar-refractivity contribution in [1.29, 1.82) is 0 Å². The van der Waals surface area contributed by atoms with E-state index < -0.39 is 0 Å². The maximum atomic E-state index is 12.4. The summed E-state index contributed by atoms with van der Waals surface area (Å²) in [5, 5.41) is 3.63. The second-order valence-corrected chi connectivity index (χ2v) is 6.89. The van der Waals surface area contributed by atoms with Crippen molar-refractivity contribution in [3.05, 3.63) is 52.5 Å². The highest BCUT2D eigenvalue weighted by Crippen LogP contribution is 2.38. The molecule has 0 saturated carbocycles. The molecule has 5 nitrogen and oxygen atoms in total. The van der Waals surface area contributed by atoms with Crippen molar-refractivity contribution >= 4 is 29.3 Å². The Morgan fingerprint density at radius 1 is 1.04 bits per heavy atom. The number of thioether (sulfide) groups is 1. The fourth-order valence-corrected chi connectivity index (χ4v) is 3.27. The summed E-state index contributed by atoms with van der Waals surface area (Å²) >= 11 is 7.61. The molecule has 0 aliphatic rings. The van der Waals surface area contributed by atoms with Gasteiger partial charge in [0.25, 0.3) is 5.91 Å². The first-order chi connectivity index (χ1) is 12.6. The van der Waals surface area contributed by atoms with Crippen LogP contribution in [0.25, 0.3) is 0 Å². The second kappa shape index (κ2) is 10.2. The average Bonchev–Trinajstić information content (AvgIpc) is 2.67. The van der Waals surface area contributed by atoms with E-state index in [2.05, 4.69) is 5.32 Å². The molecule has 0 unspecified atom stereocenters. The molecule has 0 aliphatic heterocycles. The van der Waals surface area contributed by atoms with Crippen LogP contribution in [0, 0.1) is 0 Å². The zero-order valence-electron chi connectivity index (χ0n) is 15.0. The molecule has 7 heteroatoms. The summed E-state index contributed by atoms with van der Waals surface area (Å²) in [4.78, 5) is 12.4. The summed E-state index contributed by atoms with van der Waals surface area (Å²) in [6.07, 6.45) is 0. The van der Waals surface area contributed by atoms with Gasteiger partial charge in [-0.05, 0) is 29.8 Å². The maximum Gasteiger partial charge on any atom is 0.251 e. The van der Waals surface area contributed by atoms with Crippen LogP contribution >= 0.6 is 23.4 Å². The number of amides is 1. The molecular formula is C19H22ClNO4S. The van der Waals surface area contributed by atoms with E-state index in [1.165, 1.54) is 26.9 Å². The van der Waals surface area contributed by atoms with Gasteiger partial charge in [-0.2, -0.15) is 11.8 Å².